The Labute approximate surface area is 101 Å². The van der Waals surface area contributed by atoms with Crippen molar-refractivity contribution in [3.63, 3.8) is 0 Å². The van der Waals surface area contributed by atoms with Crippen LogP contribution in [0.2, 0.25) is 0 Å². The van der Waals surface area contributed by atoms with Crippen molar-refractivity contribution in [3.05, 3.63) is 40.4 Å². The molecule has 0 saturated carbocycles. The lowest BCUT2D eigenvalue weighted by Gasteiger charge is -2.12. The molecule has 2 heteroatoms. The molecule has 0 spiro atoms. The van der Waals surface area contributed by atoms with Gasteiger partial charge in [-0.05, 0) is 56.3 Å². The summed E-state index contributed by atoms with van der Waals surface area (Å²) in [7, 11) is 4.17. The second-order valence-electron chi connectivity index (χ2n) is 4.17. The van der Waals surface area contributed by atoms with E-state index in [9.17, 15) is 0 Å². The molecular formula is C13H18BrN. The van der Waals surface area contributed by atoms with Crippen LogP contribution in [-0.2, 0) is 0 Å². The van der Waals surface area contributed by atoms with Gasteiger partial charge in [-0.3, -0.25) is 0 Å². The minimum Gasteiger partial charge on any atom is -0.309 e. The van der Waals surface area contributed by atoms with E-state index >= 15 is 0 Å². The molecule has 0 fully saturated rings. The van der Waals surface area contributed by atoms with Gasteiger partial charge in [0.05, 0.1) is 0 Å². The number of aryl methyl sites for hydroxylation is 1. The Morgan fingerprint density at radius 2 is 2.00 bits per heavy atom. The summed E-state index contributed by atoms with van der Waals surface area (Å²) in [4.78, 5) is 2.18. The topological polar surface area (TPSA) is 3.24 Å². The fraction of sp³-hybridized carbons (Fsp3) is 0.385. The van der Waals surface area contributed by atoms with Crippen molar-refractivity contribution in [2.45, 2.75) is 13.3 Å². The first-order valence-corrected chi connectivity index (χ1v) is 5.88. The Balaban J connectivity index is 2.73. The second kappa shape index (κ2) is 5.47. The first kappa shape index (κ1) is 12.5. The van der Waals surface area contributed by atoms with E-state index in [1.807, 2.05) is 0 Å². The van der Waals surface area contributed by atoms with E-state index in [1.54, 1.807) is 0 Å². The van der Waals surface area contributed by atoms with Gasteiger partial charge >= 0.3 is 0 Å². The van der Waals surface area contributed by atoms with E-state index in [0.29, 0.717) is 0 Å². The number of rotatable bonds is 4. The lowest BCUT2D eigenvalue weighted by atomic mass is 10.0. The van der Waals surface area contributed by atoms with Crippen molar-refractivity contribution in [3.8, 4) is 0 Å². The Morgan fingerprint density at radius 3 is 2.53 bits per heavy atom. The van der Waals surface area contributed by atoms with Crippen LogP contribution in [0.25, 0.3) is 5.57 Å². The Kier molecular flexibility index (Phi) is 4.55. The van der Waals surface area contributed by atoms with E-state index in [0.717, 1.165) is 17.4 Å². The summed E-state index contributed by atoms with van der Waals surface area (Å²) < 4.78 is 1.13. The summed E-state index contributed by atoms with van der Waals surface area (Å²) in [5.41, 5.74) is 3.71. The zero-order valence-electron chi connectivity index (χ0n) is 9.68. The predicted octanol–water partition coefficient (Wildman–Crippen LogP) is 3.72. The maximum Gasteiger partial charge on any atom is 0.0183 e. The van der Waals surface area contributed by atoms with Gasteiger partial charge in [0.25, 0.3) is 0 Å². The van der Waals surface area contributed by atoms with Crippen LogP contribution < -0.4 is 0 Å². The standard InChI is InChI=1S/C13H18BrN/c1-10-7-12(9-13(14)8-10)11(2)5-6-15(3)4/h7-9H,2,5-6H2,1,3-4H3. The highest BCUT2D eigenvalue weighted by Crippen LogP contribution is 2.22. The first-order chi connectivity index (χ1) is 6.99. The second-order valence-corrected chi connectivity index (χ2v) is 5.09. The zero-order valence-corrected chi connectivity index (χ0v) is 11.3. The third kappa shape index (κ3) is 4.18. The fourth-order valence-electron chi connectivity index (χ4n) is 1.44. The maximum absolute atomic E-state index is 4.13. The van der Waals surface area contributed by atoms with Crippen molar-refractivity contribution in [1.82, 2.24) is 4.90 Å². The van der Waals surface area contributed by atoms with Crippen LogP contribution in [0.5, 0.6) is 0 Å². The number of nitrogens with zero attached hydrogens (tertiary/aromatic N) is 1. The summed E-state index contributed by atoms with van der Waals surface area (Å²) in [6.45, 7) is 7.28. The predicted molar refractivity (Wildman–Crippen MR) is 71.1 cm³/mol. The van der Waals surface area contributed by atoms with Gasteiger partial charge in [0.15, 0.2) is 0 Å². The molecule has 0 N–H and O–H groups in total. The van der Waals surface area contributed by atoms with Gasteiger partial charge < -0.3 is 4.90 Å². The van der Waals surface area contributed by atoms with Crippen molar-refractivity contribution < 1.29 is 0 Å². The molecule has 0 aromatic heterocycles. The molecule has 1 aromatic rings. The molecule has 0 radical (unpaired) electrons. The molecule has 0 aliphatic rings. The third-order valence-corrected chi connectivity index (χ3v) is 2.77. The SMILES string of the molecule is C=C(CCN(C)C)c1cc(C)cc(Br)c1. The smallest absolute Gasteiger partial charge is 0.0183 e. The van der Waals surface area contributed by atoms with Crippen molar-refractivity contribution in [2.24, 2.45) is 0 Å². The molecule has 0 unspecified atom stereocenters. The molecule has 0 aliphatic carbocycles. The van der Waals surface area contributed by atoms with Gasteiger partial charge in [-0.2, -0.15) is 0 Å². The highest BCUT2D eigenvalue weighted by Gasteiger charge is 2.02. The molecule has 1 nitrogen and oxygen atoms in total. The summed E-state index contributed by atoms with van der Waals surface area (Å²) in [6, 6.07) is 6.43. The van der Waals surface area contributed by atoms with Crippen molar-refractivity contribution >= 4 is 21.5 Å². The molecule has 1 rings (SSSR count). The number of hydrogen-bond acceptors (Lipinski definition) is 1. The van der Waals surface area contributed by atoms with Gasteiger partial charge in [0, 0.05) is 11.0 Å². The lowest BCUT2D eigenvalue weighted by Crippen LogP contribution is -2.13. The van der Waals surface area contributed by atoms with Crippen LogP contribution >= 0.6 is 15.9 Å². The van der Waals surface area contributed by atoms with E-state index in [2.05, 4.69) is 66.6 Å². The van der Waals surface area contributed by atoms with Gasteiger partial charge in [0.2, 0.25) is 0 Å². The summed E-state index contributed by atoms with van der Waals surface area (Å²) in [6.07, 6.45) is 1.02. The summed E-state index contributed by atoms with van der Waals surface area (Å²) in [5.74, 6) is 0. The lowest BCUT2D eigenvalue weighted by molar-refractivity contribution is 0.419. The van der Waals surface area contributed by atoms with Crippen molar-refractivity contribution in [1.29, 1.82) is 0 Å². The number of hydrogen-bond donors (Lipinski definition) is 0. The molecule has 0 bridgehead atoms. The quantitative estimate of drug-likeness (QED) is 0.804. The molecule has 0 atom stereocenters. The molecule has 0 aliphatic heterocycles. The molecule has 0 heterocycles. The number of benzene rings is 1. The van der Waals surface area contributed by atoms with Crippen LogP contribution in [-0.4, -0.2) is 25.5 Å². The van der Waals surface area contributed by atoms with Gasteiger partial charge in [-0.15, -0.1) is 0 Å². The van der Waals surface area contributed by atoms with Crippen molar-refractivity contribution in [2.75, 3.05) is 20.6 Å². The average Bonchev–Trinajstić information content (AvgIpc) is 2.12. The molecule has 0 saturated heterocycles. The van der Waals surface area contributed by atoms with E-state index in [4.69, 9.17) is 0 Å². The Hall–Kier alpha value is -0.600. The molecule has 15 heavy (non-hydrogen) atoms. The molecule has 0 amide bonds. The first-order valence-electron chi connectivity index (χ1n) is 5.09. The molecule has 82 valence electrons. The highest BCUT2D eigenvalue weighted by atomic mass is 79.9. The highest BCUT2D eigenvalue weighted by molar-refractivity contribution is 9.10. The van der Waals surface area contributed by atoms with Gasteiger partial charge in [-0.25, -0.2) is 0 Å². The Bertz CT molecular complexity index is 335. The van der Waals surface area contributed by atoms with Crippen LogP contribution in [0.4, 0.5) is 0 Å². The zero-order chi connectivity index (χ0) is 11.4. The third-order valence-electron chi connectivity index (χ3n) is 2.31. The van der Waals surface area contributed by atoms with Crippen LogP contribution in [0.15, 0.2) is 29.3 Å². The Morgan fingerprint density at radius 1 is 1.33 bits per heavy atom. The van der Waals surface area contributed by atoms with Crippen LogP contribution in [0.1, 0.15) is 17.5 Å². The fourth-order valence-corrected chi connectivity index (χ4v) is 2.05. The van der Waals surface area contributed by atoms with Gasteiger partial charge in [-0.1, -0.05) is 28.6 Å². The maximum atomic E-state index is 4.13. The van der Waals surface area contributed by atoms with Crippen LogP contribution in [0, 0.1) is 6.92 Å². The largest absolute Gasteiger partial charge is 0.309 e. The average molecular weight is 268 g/mol. The van der Waals surface area contributed by atoms with E-state index < -0.39 is 0 Å². The number of halogens is 1. The minimum absolute atomic E-state index is 1.02. The molecular weight excluding hydrogens is 250 g/mol. The summed E-state index contributed by atoms with van der Waals surface area (Å²) in [5, 5.41) is 0. The van der Waals surface area contributed by atoms with Crippen LogP contribution in [0.3, 0.4) is 0 Å². The molecule has 1 aromatic carbocycles. The summed E-state index contributed by atoms with van der Waals surface area (Å²) >= 11 is 3.51. The van der Waals surface area contributed by atoms with E-state index in [1.165, 1.54) is 16.7 Å². The normalized spacial score (nSPS) is 10.7. The minimum atomic E-state index is 1.02. The van der Waals surface area contributed by atoms with E-state index in [-0.39, 0.29) is 0 Å². The monoisotopic (exact) mass is 267 g/mol. The van der Waals surface area contributed by atoms with Gasteiger partial charge in [0.1, 0.15) is 0 Å².